The number of amides is 15. The molecule has 2 aromatic heterocycles. The van der Waals surface area contributed by atoms with Crippen molar-refractivity contribution >= 4 is 142 Å². The minimum atomic E-state index is -0.936. The van der Waals surface area contributed by atoms with Gasteiger partial charge in [-0.1, -0.05) is 49.2 Å². The number of nitrogens with one attached hydrogen (secondary N) is 5. The van der Waals surface area contributed by atoms with Crippen molar-refractivity contribution in [2.45, 2.75) is 262 Å². The maximum Gasteiger partial charge on any atom is 0.354 e. The Kier molecular flexibility index (Phi) is 41.6. The molecule has 8 aliphatic rings. The normalized spacial score (nSPS) is 20.8. The van der Waals surface area contributed by atoms with Gasteiger partial charge < -0.3 is 50.8 Å². The van der Waals surface area contributed by atoms with Crippen LogP contribution in [-0.2, 0) is 120 Å². The second-order valence-electron chi connectivity index (χ2n) is 29.1. The third-order valence-electron chi connectivity index (χ3n) is 19.7. The molecule has 5 N–H and O–H groups in total. The van der Waals surface area contributed by atoms with Gasteiger partial charge in [-0.3, -0.25) is 86.6 Å². The molecule has 8 aliphatic heterocycles. The molecule has 0 aliphatic carbocycles. The van der Waals surface area contributed by atoms with E-state index in [1.165, 1.54) is 36.9 Å². The number of carbonyl (C=O) groups excluding carboxylic acids is 20. The van der Waals surface area contributed by atoms with Crippen LogP contribution in [0.25, 0.3) is 0 Å². The van der Waals surface area contributed by atoms with Crippen LogP contribution in [-0.4, -0.2) is 278 Å². The standard InChI is InChI=1S/C16H20N4O5S.2C16H25N3O5.C15H23N3O5.C13H14N4O5S/c21-12(11-26-16-18-9-4-10-19-16)17-8-3-1-2-5-15(24)25-20-13(22)6-7-14(20)23;1-10-5-4-6-11(2)18(10)9-13(20)17-12(3)16(23)24-19-14(21)7-8-15(19)22;1-11-4-3-5-12(2)18(11)10-13(20)17-9-8-16(23)24-19-14(21)6-7-15(19)22;1-10-4-3-5-11(2)17(10)9-12(19)16-8-15(22)23-18-13(20)6-7-14(18)21;18-9(8-23-13-15-5-1-6-16-13)14-7-4-12(21)22-17-10(19)2-3-11(17)20/h4,9-10H,1-3,5-8,11H2,(H,17,21);10-12H,4-9H2,1-3H3,(H,17,20);11-12H,3-10H2,1-2H3,(H,17,20);10-11H,3-9H2,1-2H3,(H,16,19);1,5-6H,2-4,7-8H2,(H,14,18). The molecular weight excluding hydrogens is 1620 g/mol. The quantitative estimate of drug-likeness (QED) is 0.0290. The van der Waals surface area contributed by atoms with Crippen molar-refractivity contribution in [2.24, 2.45) is 0 Å². The number of rotatable bonds is 33. The lowest BCUT2D eigenvalue weighted by Gasteiger charge is -2.38. The molecule has 8 saturated heterocycles. The Hall–Kier alpha value is -10.9. The maximum absolute atomic E-state index is 12.2. The molecule has 0 spiro atoms. The number of thioether (sulfide) groups is 2. The Morgan fingerprint density at radius 2 is 0.642 bits per heavy atom. The van der Waals surface area contributed by atoms with Gasteiger partial charge in [0.25, 0.3) is 59.1 Å². The fourth-order valence-corrected chi connectivity index (χ4v) is 14.3. The zero-order valence-corrected chi connectivity index (χ0v) is 70.1. The van der Waals surface area contributed by atoms with Crippen LogP contribution in [0.4, 0.5) is 0 Å². The summed E-state index contributed by atoms with van der Waals surface area (Å²) >= 11 is 2.43. The molecule has 658 valence electrons. The van der Waals surface area contributed by atoms with Crippen LogP contribution in [0, 0.1) is 0 Å². The first-order valence-electron chi connectivity index (χ1n) is 39.9. The van der Waals surface area contributed by atoms with Gasteiger partial charge in [0.1, 0.15) is 12.6 Å². The summed E-state index contributed by atoms with van der Waals surface area (Å²) in [6.45, 7) is 15.1. The lowest BCUT2D eigenvalue weighted by atomic mass is 9.97. The zero-order valence-electron chi connectivity index (χ0n) is 68.4. The molecule has 0 radical (unpaired) electrons. The summed E-state index contributed by atoms with van der Waals surface area (Å²) in [5.41, 5.74) is 0. The Balaban J connectivity index is 0.000000233. The van der Waals surface area contributed by atoms with Crippen LogP contribution in [0.15, 0.2) is 47.2 Å². The highest BCUT2D eigenvalue weighted by Gasteiger charge is 2.39. The largest absolute Gasteiger partial charge is 0.355 e. The smallest absolute Gasteiger partial charge is 0.354 e. The average molecular weight is 1720 g/mol. The van der Waals surface area contributed by atoms with Crippen LogP contribution in [0.3, 0.4) is 0 Å². The average Bonchev–Trinajstić information content (AvgIpc) is 1.73. The van der Waals surface area contributed by atoms with Gasteiger partial charge >= 0.3 is 29.8 Å². The number of carbonyl (C=O) groups is 20. The first-order valence-corrected chi connectivity index (χ1v) is 41.9. The number of hydrogen-bond donors (Lipinski definition) is 5. The number of hydrogen-bond acceptors (Lipinski definition) is 34. The van der Waals surface area contributed by atoms with E-state index in [1.807, 2.05) is 0 Å². The van der Waals surface area contributed by atoms with E-state index in [-0.39, 0.29) is 157 Å². The molecule has 10 rings (SSSR count). The van der Waals surface area contributed by atoms with Gasteiger partial charge in [0.2, 0.25) is 29.5 Å². The first-order chi connectivity index (χ1) is 57.2. The molecule has 0 saturated carbocycles. The molecule has 44 heteroatoms. The van der Waals surface area contributed by atoms with Crippen molar-refractivity contribution in [1.29, 1.82) is 0 Å². The van der Waals surface area contributed by atoms with Gasteiger partial charge in [-0.25, -0.2) is 43.9 Å². The Morgan fingerprint density at radius 3 is 0.983 bits per heavy atom. The van der Waals surface area contributed by atoms with E-state index in [0.717, 1.165) is 51.4 Å². The van der Waals surface area contributed by atoms with Gasteiger partial charge in [-0.2, -0.15) is 0 Å². The van der Waals surface area contributed by atoms with Crippen LogP contribution in [0.2, 0.25) is 0 Å². The number of likely N-dealkylation sites (tertiary alicyclic amines) is 3. The minimum absolute atomic E-state index is 0.0393. The Bertz CT molecular complexity index is 3870. The summed E-state index contributed by atoms with van der Waals surface area (Å²) < 4.78 is 0. The predicted octanol–water partition coefficient (Wildman–Crippen LogP) is 1.23. The number of imide groups is 5. The molecule has 7 atom stereocenters. The van der Waals surface area contributed by atoms with E-state index < -0.39 is 95.0 Å². The zero-order chi connectivity index (χ0) is 88.0. The third-order valence-corrected chi connectivity index (χ3v) is 21.4. The third kappa shape index (κ3) is 34.1. The van der Waals surface area contributed by atoms with Crippen LogP contribution >= 0.6 is 23.5 Å². The highest BCUT2D eigenvalue weighted by molar-refractivity contribution is 8.00. The molecule has 0 aromatic carbocycles. The fraction of sp³-hybridized carbons (Fsp3) is 0.632. The van der Waals surface area contributed by atoms with E-state index in [0.29, 0.717) is 104 Å². The number of aromatic nitrogens is 4. The molecular formula is C76H107N17O25S2. The number of unbranched alkanes of at least 4 members (excludes halogenated alkanes) is 2. The second-order valence-corrected chi connectivity index (χ2v) is 31.0. The molecule has 2 aromatic rings. The van der Waals surface area contributed by atoms with E-state index in [9.17, 15) is 95.9 Å². The first kappa shape index (κ1) is 98.0. The van der Waals surface area contributed by atoms with Gasteiger partial charge in [-0.15, -0.1) is 25.3 Å². The fourth-order valence-electron chi connectivity index (χ4n) is 13.0. The summed E-state index contributed by atoms with van der Waals surface area (Å²) in [4.78, 5) is 277. The van der Waals surface area contributed by atoms with E-state index in [4.69, 9.17) is 14.5 Å². The summed E-state index contributed by atoms with van der Waals surface area (Å²) in [5.74, 6) is -9.66. The molecule has 7 unspecified atom stereocenters. The number of nitrogens with zero attached hydrogens (tertiary/aromatic N) is 12. The molecule has 0 bridgehead atoms. The van der Waals surface area contributed by atoms with Gasteiger partial charge in [0.15, 0.2) is 10.3 Å². The van der Waals surface area contributed by atoms with Crippen molar-refractivity contribution < 1.29 is 120 Å². The molecule has 15 amide bonds. The van der Waals surface area contributed by atoms with Crippen molar-refractivity contribution in [3.8, 4) is 0 Å². The summed E-state index contributed by atoms with van der Waals surface area (Å²) in [6.07, 6.45) is 18.7. The SMILES string of the molecule is CC(NC(=O)CN1C(C)CCCC1C)C(=O)ON1C(=O)CCC1=O.CC1CCCC(C)N1CC(=O)NCC(=O)ON1C(=O)CCC1=O.CC1CCCC(C)N1CC(=O)NCCC(=O)ON1C(=O)CCC1=O.O=C(CSc1ncccn1)NCCC(=O)ON1C(=O)CCC1=O.O=C(CSc1ncccn1)NCCCCCC(=O)ON1C(=O)CCC1=O. The number of hydroxylamine groups is 10. The van der Waals surface area contributed by atoms with E-state index in [1.54, 1.807) is 36.9 Å². The topological polar surface area (TPSA) is 525 Å². The van der Waals surface area contributed by atoms with Crippen LogP contribution < -0.4 is 26.6 Å². The lowest BCUT2D eigenvalue weighted by Crippen LogP contribution is -2.51. The minimum Gasteiger partial charge on any atom is -0.355 e. The van der Waals surface area contributed by atoms with Crippen molar-refractivity contribution in [3.05, 3.63) is 36.9 Å². The molecule has 10 heterocycles. The molecule has 42 nitrogen and oxygen atoms in total. The Labute approximate surface area is 701 Å². The van der Waals surface area contributed by atoms with E-state index >= 15 is 0 Å². The highest BCUT2D eigenvalue weighted by Crippen LogP contribution is 2.26. The van der Waals surface area contributed by atoms with Gasteiger partial charge in [0, 0.05) is 151 Å². The van der Waals surface area contributed by atoms with Crippen LogP contribution in [0.5, 0.6) is 0 Å². The maximum atomic E-state index is 12.2. The van der Waals surface area contributed by atoms with Gasteiger partial charge in [0.05, 0.1) is 44.0 Å². The lowest BCUT2D eigenvalue weighted by molar-refractivity contribution is -0.198. The molecule has 120 heavy (non-hydrogen) atoms. The van der Waals surface area contributed by atoms with Crippen molar-refractivity contribution in [3.63, 3.8) is 0 Å². The number of piperidine rings is 3. The van der Waals surface area contributed by atoms with Crippen molar-refractivity contribution in [1.82, 2.24) is 86.5 Å². The highest BCUT2D eigenvalue weighted by atomic mass is 32.2. The van der Waals surface area contributed by atoms with E-state index in [2.05, 4.69) is 112 Å². The summed E-state index contributed by atoms with van der Waals surface area (Å²) in [5, 5.41) is 16.6. The van der Waals surface area contributed by atoms with Crippen molar-refractivity contribution in [2.75, 3.05) is 57.3 Å². The monoisotopic (exact) mass is 1720 g/mol. The summed E-state index contributed by atoms with van der Waals surface area (Å²) in [7, 11) is 0. The summed E-state index contributed by atoms with van der Waals surface area (Å²) in [6, 6.07) is 4.49. The van der Waals surface area contributed by atoms with Gasteiger partial charge in [-0.05, 0) is 112 Å². The second kappa shape index (κ2) is 50.9. The molecule has 8 fully saturated rings. The van der Waals surface area contributed by atoms with Crippen LogP contribution in [0.1, 0.15) is 209 Å². The Morgan fingerprint density at radius 1 is 0.358 bits per heavy atom. The predicted molar refractivity (Wildman–Crippen MR) is 417 cm³/mol.